The highest BCUT2D eigenvalue weighted by atomic mass is 127. The van der Waals surface area contributed by atoms with Gasteiger partial charge in [-0.2, -0.15) is 5.10 Å². The number of aryl methyl sites for hydroxylation is 2. The number of benzene rings is 1. The molecule has 29 heavy (non-hydrogen) atoms. The SMILES string of the molecule is CCNC(=NCC(C)(O)c1cnn(C)c1)NCCc1c(C)[nH]c2ccccc12.I. The third-order valence-electron chi connectivity index (χ3n) is 4.91. The van der Waals surface area contributed by atoms with Crippen LogP contribution in [0.5, 0.6) is 0 Å². The van der Waals surface area contributed by atoms with Crippen LogP contribution in [-0.4, -0.2) is 45.5 Å². The van der Waals surface area contributed by atoms with Crippen LogP contribution in [0.4, 0.5) is 0 Å². The molecule has 0 bridgehead atoms. The van der Waals surface area contributed by atoms with Gasteiger partial charge in [0.05, 0.1) is 12.7 Å². The number of aromatic amines is 1. The predicted molar refractivity (Wildman–Crippen MR) is 129 cm³/mol. The number of fused-ring (bicyclic) bond motifs is 1. The fourth-order valence-corrected chi connectivity index (χ4v) is 3.33. The van der Waals surface area contributed by atoms with Gasteiger partial charge in [-0.25, -0.2) is 4.99 Å². The Bertz CT molecular complexity index is 959. The number of rotatable bonds is 7. The molecule has 3 rings (SSSR count). The van der Waals surface area contributed by atoms with Crippen LogP contribution in [0.3, 0.4) is 0 Å². The van der Waals surface area contributed by atoms with E-state index in [0.29, 0.717) is 5.96 Å². The zero-order valence-electron chi connectivity index (χ0n) is 17.5. The van der Waals surface area contributed by atoms with Gasteiger partial charge in [-0.3, -0.25) is 4.68 Å². The van der Waals surface area contributed by atoms with Gasteiger partial charge in [-0.15, -0.1) is 24.0 Å². The molecule has 1 aromatic carbocycles. The first kappa shape index (κ1) is 23.2. The van der Waals surface area contributed by atoms with Crippen molar-refractivity contribution in [1.29, 1.82) is 0 Å². The highest BCUT2D eigenvalue weighted by molar-refractivity contribution is 14.0. The Morgan fingerprint density at radius 1 is 1.31 bits per heavy atom. The molecule has 0 aliphatic heterocycles. The van der Waals surface area contributed by atoms with Crippen LogP contribution in [0.15, 0.2) is 41.7 Å². The van der Waals surface area contributed by atoms with Crippen molar-refractivity contribution in [3.63, 3.8) is 0 Å². The van der Waals surface area contributed by atoms with Crippen molar-refractivity contribution in [2.24, 2.45) is 12.0 Å². The molecule has 8 heteroatoms. The predicted octanol–water partition coefficient (Wildman–Crippen LogP) is 2.83. The summed E-state index contributed by atoms with van der Waals surface area (Å²) in [5, 5.41) is 22.7. The van der Waals surface area contributed by atoms with E-state index in [-0.39, 0.29) is 30.5 Å². The van der Waals surface area contributed by atoms with E-state index < -0.39 is 5.60 Å². The Morgan fingerprint density at radius 2 is 2.07 bits per heavy atom. The van der Waals surface area contributed by atoms with Gasteiger partial charge in [0.15, 0.2) is 5.96 Å². The molecule has 0 amide bonds. The fraction of sp³-hybridized carbons (Fsp3) is 0.429. The lowest BCUT2D eigenvalue weighted by Crippen LogP contribution is -2.39. The lowest BCUT2D eigenvalue weighted by atomic mass is 10.0. The maximum absolute atomic E-state index is 10.7. The minimum atomic E-state index is -1.07. The second kappa shape index (κ2) is 10.1. The molecule has 0 radical (unpaired) electrons. The van der Waals surface area contributed by atoms with Crippen LogP contribution in [0.25, 0.3) is 10.9 Å². The average Bonchev–Trinajstić information content (AvgIpc) is 3.23. The van der Waals surface area contributed by atoms with E-state index in [4.69, 9.17) is 0 Å². The lowest BCUT2D eigenvalue weighted by molar-refractivity contribution is 0.0672. The van der Waals surface area contributed by atoms with E-state index in [1.54, 1.807) is 17.8 Å². The molecule has 158 valence electrons. The van der Waals surface area contributed by atoms with Crippen molar-refractivity contribution in [1.82, 2.24) is 25.4 Å². The second-order valence-electron chi connectivity index (χ2n) is 7.32. The number of para-hydroxylation sites is 1. The third-order valence-corrected chi connectivity index (χ3v) is 4.91. The molecule has 0 fully saturated rings. The Balaban J connectivity index is 0.00000300. The Morgan fingerprint density at radius 3 is 2.76 bits per heavy atom. The summed E-state index contributed by atoms with van der Waals surface area (Å²) in [5.74, 6) is 0.698. The fourth-order valence-electron chi connectivity index (χ4n) is 3.33. The number of nitrogens with one attached hydrogen (secondary N) is 3. The number of halogens is 1. The number of hydrogen-bond acceptors (Lipinski definition) is 3. The first-order valence-corrected chi connectivity index (χ1v) is 9.70. The van der Waals surface area contributed by atoms with Crippen LogP contribution >= 0.6 is 24.0 Å². The van der Waals surface area contributed by atoms with Crippen molar-refractivity contribution in [2.75, 3.05) is 19.6 Å². The monoisotopic (exact) mass is 510 g/mol. The molecule has 0 saturated heterocycles. The van der Waals surface area contributed by atoms with Gasteiger partial charge in [0.25, 0.3) is 0 Å². The summed E-state index contributed by atoms with van der Waals surface area (Å²) in [7, 11) is 1.83. The van der Waals surface area contributed by atoms with Crippen molar-refractivity contribution in [2.45, 2.75) is 32.8 Å². The van der Waals surface area contributed by atoms with Gasteiger partial charge < -0.3 is 20.7 Å². The molecule has 7 nitrogen and oxygen atoms in total. The van der Waals surface area contributed by atoms with Gasteiger partial charge in [-0.05, 0) is 38.8 Å². The minimum Gasteiger partial charge on any atom is -0.383 e. The number of aromatic nitrogens is 3. The second-order valence-corrected chi connectivity index (χ2v) is 7.32. The van der Waals surface area contributed by atoms with Crippen molar-refractivity contribution in [3.05, 3.63) is 53.5 Å². The summed E-state index contributed by atoms with van der Waals surface area (Å²) in [5.41, 5.74) is 3.38. The van der Waals surface area contributed by atoms with E-state index in [9.17, 15) is 5.11 Å². The highest BCUT2D eigenvalue weighted by Gasteiger charge is 2.24. The van der Waals surface area contributed by atoms with Crippen LogP contribution in [-0.2, 0) is 19.1 Å². The maximum Gasteiger partial charge on any atom is 0.191 e. The summed E-state index contributed by atoms with van der Waals surface area (Å²) in [4.78, 5) is 8.01. The van der Waals surface area contributed by atoms with Crippen molar-refractivity contribution < 1.29 is 5.11 Å². The van der Waals surface area contributed by atoms with Gasteiger partial charge in [0.2, 0.25) is 0 Å². The molecule has 0 aliphatic rings. The van der Waals surface area contributed by atoms with E-state index >= 15 is 0 Å². The summed E-state index contributed by atoms with van der Waals surface area (Å²) in [6.07, 6.45) is 4.38. The Hall–Kier alpha value is -2.07. The standard InChI is InChI=1S/C21H30N6O.HI/c1-5-22-20(24-14-21(3,28)16-12-25-27(4)13-16)23-11-10-17-15(2)26-19-9-7-6-8-18(17)19;/h6-9,12-13,26,28H,5,10-11,14H2,1-4H3,(H2,22,23,24);1H. The molecule has 0 spiro atoms. The molecule has 2 heterocycles. The zero-order chi connectivity index (χ0) is 20.1. The number of hydrogen-bond donors (Lipinski definition) is 4. The Labute approximate surface area is 189 Å². The smallest absolute Gasteiger partial charge is 0.191 e. The molecule has 0 saturated carbocycles. The van der Waals surface area contributed by atoms with Crippen LogP contribution in [0.2, 0.25) is 0 Å². The van der Waals surface area contributed by atoms with E-state index in [0.717, 1.165) is 25.1 Å². The van der Waals surface area contributed by atoms with Crippen LogP contribution < -0.4 is 10.6 Å². The van der Waals surface area contributed by atoms with E-state index in [2.05, 4.69) is 50.8 Å². The molecule has 1 atom stereocenters. The zero-order valence-corrected chi connectivity index (χ0v) is 19.8. The third kappa shape index (κ3) is 5.72. The maximum atomic E-state index is 10.7. The van der Waals surface area contributed by atoms with Crippen molar-refractivity contribution >= 4 is 40.8 Å². The molecule has 1 unspecified atom stereocenters. The molecule has 2 aromatic heterocycles. The van der Waals surface area contributed by atoms with Gasteiger partial charge in [0, 0.05) is 48.5 Å². The first-order valence-electron chi connectivity index (χ1n) is 9.70. The molecule has 3 aromatic rings. The van der Waals surface area contributed by atoms with Crippen molar-refractivity contribution in [3.8, 4) is 0 Å². The molecule has 0 aliphatic carbocycles. The van der Waals surface area contributed by atoms with Crippen LogP contribution in [0, 0.1) is 6.92 Å². The number of guanidine groups is 1. The summed E-state index contributed by atoms with van der Waals surface area (Å²) in [6.45, 7) is 7.66. The molecular weight excluding hydrogens is 479 g/mol. The van der Waals surface area contributed by atoms with E-state index in [1.807, 2.05) is 26.2 Å². The highest BCUT2D eigenvalue weighted by Crippen LogP contribution is 2.22. The van der Waals surface area contributed by atoms with Crippen LogP contribution in [0.1, 0.15) is 30.7 Å². The van der Waals surface area contributed by atoms with Gasteiger partial charge >= 0.3 is 0 Å². The lowest BCUT2D eigenvalue weighted by Gasteiger charge is -2.20. The van der Waals surface area contributed by atoms with E-state index in [1.165, 1.54) is 22.2 Å². The Kier molecular flexibility index (Phi) is 8.09. The summed E-state index contributed by atoms with van der Waals surface area (Å²) >= 11 is 0. The minimum absolute atomic E-state index is 0. The largest absolute Gasteiger partial charge is 0.383 e. The summed E-state index contributed by atoms with van der Waals surface area (Å²) in [6, 6.07) is 8.37. The molecule has 4 N–H and O–H groups in total. The molecular formula is C21H31IN6O. The normalized spacial score (nSPS) is 13.8. The van der Waals surface area contributed by atoms with Gasteiger partial charge in [0.1, 0.15) is 5.60 Å². The first-order chi connectivity index (χ1) is 13.4. The van der Waals surface area contributed by atoms with Gasteiger partial charge in [-0.1, -0.05) is 18.2 Å². The number of aliphatic imine (C=N–C) groups is 1. The number of H-pyrrole nitrogens is 1. The number of aliphatic hydroxyl groups is 1. The average molecular weight is 510 g/mol. The quantitative estimate of drug-likeness (QED) is 0.224. The summed E-state index contributed by atoms with van der Waals surface area (Å²) < 4.78 is 1.68. The number of nitrogens with zero attached hydrogens (tertiary/aromatic N) is 3. The topological polar surface area (TPSA) is 90.3 Å².